The number of para-hydroxylation sites is 2. The molecule has 0 radical (unpaired) electrons. The van der Waals surface area contributed by atoms with Crippen molar-refractivity contribution in [1.82, 2.24) is 9.55 Å². The Morgan fingerprint density at radius 3 is 2.46 bits per heavy atom. The summed E-state index contributed by atoms with van der Waals surface area (Å²) in [5.41, 5.74) is 3.67. The van der Waals surface area contributed by atoms with Gasteiger partial charge < -0.3 is 4.74 Å². The lowest BCUT2D eigenvalue weighted by Gasteiger charge is -2.13. The van der Waals surface area contributed by atoms with Gasteiger partial charge in [-0.15, -0.1) is 11.3 Å². The van der Waals surface area contributed by atoms with E-state index in [1.54, 1.807) is 31.6 Å². The van der Waals surface area contributed by atoms with Crippen molar-refractivity contribution >= 4 is 17.2 Å². The lowest BCUT2D eigenvalue weighted by atomic mass is 10.1. The van der Waals surface area contributed by atoms with E-state index in [0.29, 0.717) is 4.80 Å². The Hall–Kier alpha value is -3.51. The summed E-state index contributed by atoms with van der Waals surface area (Å²) in [5.74, 6) is 0.933. The van der Waals surface area contributed by atoms with Crippen molar-refractivity contribution < 1.29 is 4.74 Å². The van der Waals surface area contributed by atoms with Gasteiger partial charge in [0.1, 0.15) is 5.75 Å². The van der Waals surface area contributed by atoms with Gasteiger partial charge >= 0.3 is 0 Å². The first kappa shape index (κ1) is 17.9. The number of methoxy groups -OCH3 is 1. The van der Waals surface area contributed by atoms with Crippen molar-refractivity contribution in [3.8, 4) is 22.7 Å². The minimum atomic E-state index is 0.188. The van der Waals surface area contributed by atoms with Crippen LogP contribution in [0.25, 0.3) is 16.9 Å². The van der Waals surface area contributed by atoms with Crippen molar-refractivity contribution in [3.05, 3.63) is 94.9 Å². The SMILES string of the molecule is COc1ccccc1-n1c(-c2ccccc2)csc1=NC(=N)c1ccncc1. The number of amidine groups is 1. The molecule has 0 aliphatic heterocycles. The summed E-state index contributed by atoms with van der Waals surface area (Å²) in [6.07, 6.45) is 3.33. The second-order valence-corrected chi connectivity index (χ2v) is 6.81. The molecular formula is C22H18N4OS. The molecule has 0 bridgehead atoms. The van der Waals surface area contributed by atoms with E-state index in [1.807, 2.05) is 47.0 Å². The maximum absolute atomic E-state index is 8.41. The van der Waals surface area contributed by atoms with E-state index in [4.69, 9.17) is 10.1 Å². The largest absolute Gasteiger partial charge is 0.495 e. The minimum Gasteiger partial charge on any atom is -0.495 e. The first-order valence-electron chi connectivity index (χ1n) is 8.71. The summed E-state index contributed by atoms with van der Waals surface area (Å²) in [6, 6.07) is 21.5. The molecule has 138 valence electrons. The van der Waals surface area contributed by atoms with Gasteiger partial charge in [-0.2, -0.15) is 0 Å². The van der Waals surface area contributed by atoms with Gasteiger partial charge in [0.25, 0.3) is 0 Å². The highest BCUT2D eigenvalue weighted by Crippen LogP contribution is 2.28. The van der Waals surface area contributed by atoms with E-state index in [2.05, 4.69) is 27.5 Å². The number of nitrogens with zero attached hydrogens (tertiary/aromatic N) is 3. The standard InChI is InChI=1S/C22H18N4OS/c1-27-20-10-6-5-9-18(20)26-19(16-7-3-2-4-8-16)15-28-22(26)25-21(23)17-11-13-24-14-12-17/h2-15,23H,1H3. The maximum atomic E-state index is 8.41. The number of hydrogen-bond acceptors (Lipinski definition) is 4. The molecule has 2 aromatic heterocycles. The minimum absolute atomic E-state index is 0.188. The molecule has 5 nitrogen and oxygen atoms in total. The van der Waals surface area contributed by atoms with Crippen molar-refractivity contribution in [2.45, 2.75) is 0 Å². The van der Waals surface area contributed by atoms with Gasteiger partial charge in [0.2, 0.25) is 0 Å². The molecular weight excluding hydrogens is 368 g/mol. The number of rotatable bonds is 4. The topological polar surface area (TPSA) is 63.3 Å². The molecule has 28 heavy (non-hydrogen) atoms. The van der Waals surface area contributed by atoms with Crippen LogP contribution in [0, 0.1) is 5.41 Å². The normalized spacial score (nSPS) is 11.4. The number of thiazole rings is 1. The van der Waals surface area contributed by atoms with Crippen LogP contribution in [0.5, 0.6) is 5.75 Å². The molecule has 0 amide bonds. The number of ether oxygens (including phenoxy) is 1. The molecule has 4 aromatic rings. The van der Waals surface area contributed by atoms with Gasteiger partial charge in [-0.1, -0.05) is 42.5 Å². The number of aromatic nitrogens is 2. The van der Waals surface area contributed by atoms with E-state index in [-0.39, 0.29) is 5.84 Å². The first-order valence-corrected chi connectivity index (χ1v) is 9.59. The van der Waals surface area contributed by atoms with E-state index >= 15 is 0 Å². The van der Waals surface area contributed by atoms with Gasteiger partial charge in [0, 0.05) is 23.3 Å². The van der Waals surface area contributed by atoms with E-state index in [1.165, 1.54) is 11.3 Å². The molecule has 0 saturated heterocycles. The third-order valence-electron chi connectivity index (χ3n) is 4.26. The number of hydrogen-bond donors (Lipinski definition) is 1. The molecule has 0 saturated carbocycles. The van der Waals surface area contributed by atoms with Crippen LogP contribution in [0.15, 0.2) is 89.5 Å². The van der Waals surface area contributed by atoms with E-state index in [9.17, 15) is 0 Å². The zero-order valence-corrected chi connectivity index (χ0v) is 16.1. The molecule has 0 aliphatic rings. The number of benzene rings is 2. The van der Waals surface area contributed by atoms with Gasteiger partial charge in [-0.05, 0) is 29.8 Å². The van der Waals surface area contributed by atoms with Crippen molar-refractivity contribution in [3.63, 3.8) is 0 Å². The smallest absolute Gasteiger partial charge is 0.196 e. The fraction of sp³-hybridized carbons (Fsp3) is 0.0455. The highest BCUT2D eigenvalue weighted by Gasteiger charge is 2.14. The summed E-state index contributed by atoms with van der Waals surface area (Å²) in [6.45, 7) is 0. The number of nitrogens with one attached hydrogen (secondary N) is 1. The zero-order valence-electron chi connectivity index (χ0n) is 15.2. The van der Waals surface area contributed by atoms with Crippen LogP contribution >= 0.6 is 11.3 Å². The fourth-order valence-electron chi connectivity index (χ4n) is 2.92. The maximum Gasteiger partial charge on any atom is 0.196 e. The monoisotopic (exact) mass is 386 g/mol. The van der Waals surface area contributed by atoms with Crippen LogP contribution in [0.2, 0.25) is 0 Å². The Morgan fingerprint density at radius 1 is 1.00 bits per heavy atom. The van der Waals surface area contributed by atoms with Crippen LogP contribution in [0.4, 0.5) is 0 Å². The van der Waals surface area contributed by atoms with Gasteiger partial charge in [0.15, 0.2) is 10.6 Å². The molecule has 6 heteroatoms. The van der Waals surface area contributed by atoms with Crippen molar-refractivity contribution in [2.75, 3.05) is 7.11 Å². The molecule has 0 spiro atoms. The highest BCUT2D eigenvalue weighted by molar-refractivity contribution is 7.07. The van der Waals surface area contributed by atoms with E-state index < -0.39 is 0 Å². The number of pyridine rings is 1. The predicted molar refractivity (Wildman–Crippen MR) is 112 cm³/mol. The van der Waals surface area contributed by atoms with Crippen molar-refractivity contribution in [2.24, 2.45) is 4.99 Å². The van der Waals surface area contributed by atoms with Gasteiger partial charge in [0.05, 0.1) is 18.5 Å². The summed E-state index contributed by atoms with van der Waals surface area (Å²) < 4.78 is 7.62. The summed E-state index contributed by atoms with van der Waals surface area (Å²) in [4.78, 5) is 9.32. The average Bonchev–Trinajstić information content (AvgIpc) is 3.18. The Morgan fingerprint density at radius 2 is 1.71 bits per heavy atom. The molecule has 0 atom stereocenters. The lowest BCUT2D eigenvalue weighted by molar-refractivity contribution is 0.413. The predicted octanol–water partition coefficient (Wildman–Crippen LogP) is 4.54. The summed E-state index contributed by atoms with van der Waals surface area (Å²) in [7, 11) is 1.66. The van der Waals surface area contributed by atoms with Crippen LogP contribution in [-0.2, 0) is 0 Å². The Bertz CT molecular complexity index is 1160. The average molecular weight is 386 g/mol. The van der Waals surface area contributed by atoms with Crippen molar-refractivity contribution in [1.29, 1.82) is 5.41 Å². The molecule has 2 heterocycles. The van der Waals surface area contributed by atoms with Gasteiger partial charge in [-0.25, -0.2) is 4.99 Å². The lowest BCUT2D eigenvalue weighted by Crippen LogP contribution is -2.17. The molecule has 0 fully saturated rings. The first-order chi connectivity index (χ1) is 13.8. The van der Waals surface area contributed by atoms with E-state index in [0.717, 1.165) is 28.3 Å². The van der Waals surface area contributed by atoms with Crippen LogP contribution in [-0.4, -0.2) is 22.5 Å². The Kier molecular flexibility index (Phi) is 5.12. The third kappa shape index (κ3) is 3.50. The van der Waals surface area contributed by atoms with Gasteiger partial charge in [-0.3, -0.25) is 15.0 Å². The van der Waals surface area contributed by atoms with Crippen LogP contribution < -0.4 is 9.54 Å². The zero-order chi connectivity index (χ0) is 19.3. The summed E-state index contributed by atoms with van der Waals surface area (Å²) in [5, 5.41) is 10.5. The third-order valence-corrected chi connectivity index (χ3v) is 5.09. The molecule has 2 aromatic carbocycles. The molecule has 0 unspecified atom stereocenters. The highest BCUT2D eigenvalue weighted by atomic mass is 32.1. The second-order valence-electron chi connectivity index (χ2n) is 5.97. The van der Waals surface area contributed by atoms with Crippen LogP contribution in [0.3, 0.4) is 0 Å². The fourth-order valence-corrected chi connectivity index (χ4v) is 3.82. The summed E-state index contributed by atoms with van der Waals surface area (Å²) >= 11 is 1.49. The molecule has 4 rings (SSSR count). The quantitative estimate of drug-likeness (QED) is 0.413. The second kappa shape index (κ2) is 8.02. The van der Waals surface area contributed by atoms with Crippen LogP contribution in [0.1, 0.15) is 5.56 Å². The Labute approximate surface area is 166 Å². The molecule has 0 aliphatic carbocycles. The Balaban J connectivity index is 1.94. The molecule has 1 N–H and O–H groups in total.